The maximum absolute atomic E-state index is 4.70. The largest absolute Gasteiger partial charge is 0.367 e. The second kappa shape index (κ2) is 4.78. The third-order valence-electron chi connectivity index (χ3n) is 3.46. The highest BCUT2D eigenvalue weighted by Gasteiger charge is 2.28. The molecule has 1 aliphatic rings. The van der Waals surface area contributed by atoms with Crippen molar-refractivity contribution in [1.82, 2.24) is 9.78 Å². The Kier molecular flexibility index (Phi) is 3.57. The van der Waals surface area contributed by atoms with E-state index < -0.39 is 0 Å². The van der Waals surface area contributed by atoms with Gasteiger partial charge >= 0.3 is 0 Å². The highest BCUT2D eigenvalue weighted by atomic mass is 79.9. The van der Waals surface area contributed by atoms with E-state index in [1.807, 2.05) is 0 Å². The lowest BCUT2D eigenvalue weighted by molar-refractivity contribution is 0.361. The van der Waals surface area contributed by atoms with Gasteiger partial charge in [0.15, 0.2) is 0 Å². The molecule has 2 atom stereocenters. The predicted molar refractivity (Wildman–Crippen MR) is 71.0 cm³/mol. The average Bonchev–Trinajstić information content (AvgIpc) is 2.65. The van der Waals surface area contributed by atoms with Crippen LogP contribution in [0.3, 0.4) is 0 Å². The van der Waals surface area contributed by atoms with Crippen molar-refractivity contribution in [3.63, 3.8) is 0 Å². The zero-order valence-corrected chi connectivity index (χ0v) is 11.8. The Morgan fingerprint density at radius 2 is 2.12 bits per heavy atom. The van der Waals surface area contributed by atoms with E-state index in [1.165, 1.54) is 18.7 Å². The van der Waals surface area contributed by atoms with Crippen LogP contribution < -0.4 is 5.32 Å². The van der Waals surface area contributed by atoms with Gasteiger partial charge in [-0.1, -0.05) is 20.8 Å². The van der Waals surface area contributed by atoms with Gasteiger partial charge in [-0.25, -0.2) is 4.68 Å². The van der Waals surface area contributed by atoms with E-state index in [4.69, 9.17) is 5.10 Å². The molecule has 0 aromatic carbocycles. The van der Waals surface area contributed by atoms with Crippen molar-refractivity contribution < 1.29 is 0 Å². The SMILES string of the molecule is CCc1nn2c(c1Br)NC(CC)CC2CC. The van der Waals surface area contributed by atoms with Crippen LogP contribution in [-0.4, -0.2) is 15.8 Å². The molecule has 0 amide bonds. The Bertz CT molecular complexity index is 373. The average molecular weight is 286 g/mol. The lowest BCUT2D eigenvalue weighted by Crippen LogP contribution is -2.31. The highest BCUT2D eigenvalue weighted by Crippen LogP contribution is 2.37. The molecule has 0 saturated carbocycles. The predicted octanol–water partition coefficient (Wildman–Crippen LogP) is 3.75. The minimum atomic E-state index is 0.554. The minimum absolute atomic E-state index is 0.554. The maximum Gasteiger partial charge on any atom is 0.139 e. The maximum atomic E-state index is 4.70. The summed E-state index contributed by atoms with van der Waals surface area (Å²) in [5, 5.41) is 8.28. The summed E-state index contributed by atoms with van der Waals surface area (Å²) >= 11 is 3.66. The van der Waals surface area contributed by atoms with Crippen LogP contribution in [0.15, 0.2) is 4.47 Å². The van der Waals surface area contributed by atoms with Gasteiger partial charge in [0.25, 0.3) is 0 Å². The van der Waals surface area contributed by atoms with Crippen LogP contribution in [0.4, 0.5) is 5.82 Å². The molecule has 2 heterocycles. The van der Waals surface area contributed by atoms with E-state index >= 15 is 0 Å². The van der Waals surface area contributed by atoms with Gasteiger partial charge in [0.1, 0.15) is 5.82 Å². The molecule has 1 aliphatic heterocycles. The topological polar surface area (TPSA) is 29.9 Å². The van der Waals surface area contributed by atoms with Gasteiger partial charge in [0, 0.05) is 6.04 Å². The number of aryl methyl sites for hydroxylation is 1. The first-order valence-electron chi connectivity index (χ1n) is 6.24. The van der Waals surface area contributed by atoms with Crippen molar-refractivity contribution in [3.05, 3.63) is 10.2 Å². The van der Waals surface area contributed by atoms with E-state index in [1.54, 1.807) is 0 Å². The molecule has 4 heteroatoms. The molecule has 90 valence electrons. The standard InChI is InChI=1S/C12H20BrN3/c1-4-8-7-9(5-2)16-12(14-8)11(13)10(6-3)15-16/h8-9,14H,4-7H2,1-3H3. The number of anilines is 1. The monoisotopic (exact) mass is 285 g/mol. The Balaban J connectivity index is 2.40. The fraction of sp³-hybridized carbons (Fsp3) is 0.750. The van der Waals surface area contributed by atoms with Crippen LogP contribution in [0.5, 0.6) is 0 Å². The minimum Gasteiger partial charge on any atom is -0.367 e. The van der Waals surface area contributed by atoms with Crippen LogP contribution in [0.1, 0.15) is 51.8 Å². The first-order chi connectivity index (χ1) is 7.71. The summed E-state index contributed by atoms with van der Waals surface area (Å²) in [6.45, 7) is 6.64. The summed E-state index contributed by atoms with van der Waals surface area (Å²) in [6.07, 6.45) is 4.50. The molecule has 0 radical (unpaired) electrons. The Hall–Kier alpha value is -0.510. The first-order valence-corrected chi connectivity index (χ1v) is 7.03. The Morgan fingerprint density at radius 1 is 1.38 bits per heavy atom. The molecule has 16 heavy (non-hydrogen) atoms. The molecule has 1 aromatic heterocycles. The van der Waals surface area contributed by atoms with Gasteiger partial charge in [-0.15, -0.1) is 0 Å². The molecular formula is C12H20BrN3. The zero-order valence-electron chi connectivity index (χ0n) is 10.3. The smallest absolute Gasteiger partial charge is 0.139 e. The summed E-state index contributed by atoms with van der Waals surface area (Å²) in [6, 6.07) is 1.15. The van der Waals surface area contributed by atoms with Crippen LogP contribution in [0, 0.1) is 0 Å². The van der Waals surface area contributed by atoms with Gasteiger partial charge < -0.3 is 5.32 Å². The summed E-state index contributed by atoms with van der Waals surface area (Å²) in [4.78, 5) is 0. The third kappa shape index (κ3) is 1.88. The number of rotatable bonds is 3. The fourth-order valence-electron chi connectivity index (χ4n) is 2.37. The Labute approximate surface area is 106 Å². The van der Waals surface area contributed by atoms with Crippen LogP contribution >= 0.6 is 15.9 Å². The van der Waals surface area contributed by atoms with E-state index in [0.717, 1.165) is 23.0 Å². The molecule has 0 fully saturated rings. The summed E-state index contributed by atoms with van der Waals surface area (Å²) in [7, 11) is 0. The van der Waals surface area contributed by atoms with E-state index in [2.05, 4.69) is 46.7 Å². The molecule has 1 N–H and O–H groups in total. The van der Waals surface area contributed by atoms with Gasteiger partial charge in [-0.3, -0.25) is 0 Å². The molecule has 0 saturated heterocycles. The molecule has 1 aromatic rings. The van der Waals surface area contributed by atoms with Gasteiger partial charge in [-0.2, -0.15) is 5.10 Å². The van der Waals surface area contributed by atoms with Crippen molar-refractivity contribution >= 4 is 21.7 Å². The summed E-state index contributed by atoms with van der Waals surface area (Å²) in [5.74, 6) is 1.18. The van der Waals surface area contributed by atoms with Gasteiger partial charge in [0.2, 0.25) is 0 Å². The number of halogens is 1. The van der Waals surface area contributed by atoms with Crippen molar-refractivity contribution in [2.45, 2.75) is 58.5 Å². The van der Waals surface area contributed by atoms with Crippen LogP contribution in [0.25, 0.3) is 0 Å². The second-order valence-corrected chi connectivity index (χ2v) is 5.25. The first kappa shape index (κ1) is 12.0. The molecule has 0 spiro atoms. The fourth-order valence-corrected chi connectivity index (χ4v) is 3.03. The molecule has 2 unspecified atom stereocenters. The number of nitrogens with one attached hydrogen (secondary N) is 1. The lowest BCUT2D eigenvalue weighted by Gasteiger charge is -2.31. The van der Waals surface area contributed by atoms with Crippen molar-refractivity contribution in [2.24, 2.45) is 0 Å². The molecule has 3 nitrogen and oxygen atoms in total. The zero-order chi connectivity index (χ0) is 11.7. The second-order valence-electron chi connectivity index (χ2n) is 4.45. The number of nitrogens with zero attached hydrogens (tertiary/aromatic N) is 2. The Morgan fingerprint density at radius 3 is 2.69 bits per heavy atom. The quantitative estimate of drug-likeness (QED) is 0.917. The molecular weight excluding hydrogens is 266 g/mol. The third-order valence-corrected chi connectivity index (χ3v) is 4.29. The summed E-state index contributed by atoms with van der Waals surface area (Å²) in [5.41, 5.74) is 1.16. The van der Waals surface area contributed by atoms with Gasteiger partial charge in [0.05, 0.1) is 16.2 Å². The van der Waals surface area contributed by atoms with Crippen molar-refractivity contribution in [3.8, 4) is 0 Å². The summed E-state index contributed by atoms with van der Waals surface area (Å²) < 4.78 is 3.33. The number of hydrogen-bond acceptors (Lipinski definition) is 2. The lowest BCUT2D eigenvalue weighted by atomic mass is 10.0. The van der Waals surface area contributed by atoms with Crippen molar-refractivity contribution in [1.29, 1.82) is 0 Å². The van der Waals surface area contributed by atoms with Gasteiger partial charge in [-0.05, 0) is 41.6 Å². The van der Waals surface area contributed by atoms with E-state index in [-0.39, 0.29) is 0 Å². The highest BCUT2D eigenvalue weighted by molar-refractivity contribution is 9.10. The van der Waals surface area contributed by atoms with Crippen LogP contribution in [0.2, 0.25) is 0 Å². The normalized spacial score (nSPS) is 24.0. The molecule has 2 rings (SSSR count). The number of aromatic nitrogens is 2. The van der Waals surface area contributed by atoms with E-state index in [0.29, 0.717) is 12.1 Å². The molecule has 0 aliphatic carbocycles. The van der Waals surface area contributed by atoms with E-state index in [9.17, 15) is 0 Å². The van der Waals surface area contributed by atoms with Crippen molar-refractivity contribution in [2.75, 3.05) is 5.32 Å². The number of hydrogen-bond donors (Lipinski definition) is 1. The van der Waals surface area contributed by atoms with Crippen LogP contribution in [-0.2, 0) is 6.42 Å². The number of fused-ring (bicyclic) bond motifs is 1. The molecule has 0 bridgehead atoms.